The number of likely N-dealkylation sites (N-methyl/N-ethyl adjacent to an activating group) is 1. The first-order chi connectivity index (χ1) is 13.5. The number of nitrogens with zero attached hydrogens (tertiary/aromatic N) is 5. The summed E-state index contributed by atoms with van der Waals surface area (Å²) in [5, 5.41) is 4.10. The fourth-order valence-electron chi connectivity index (χ4n) is 3.10. The van der Waals surface area contributed by atoms with Crippen molar-refractivity contribution < 1.29 is 9.21 Å². The molecule has 0 aliphatic carbocycles. The summed E-state index contributed by atoms with van der Waals surface area (Å²) in [5.41, 5.74) is 2.95. The van der Waals surface area contributed by atoms with Gasteiger partial charge in [-0.15, -0.1) is 0 Å². The Labute approximate surface area is 160 Å². The molecule has 4 rings (SSSR count). The van der Waals surface area contributed by atoms with E-state index < -0.39 is 5.76 Å². The van der Waals surface area contributed by atoms with Gasteiger partial charge in [0.25, 0.3) is 0 Å². The maximum absolute atomic E-state index is 12.8. The molecule has 8 heteroatoms. The summed E-state index contributed by atoms with van der Waals surface area (Å²) >= 11 is 0. The third-order valence-corrected chi connectivity index (χ3v) is 4.90. The van der Waals surface area contributed by atoms with Gasteiger partial charge in [-0.05, 0) is 36.8 Å². The molecule has 0 saturated heterocycles. The van der Waals surface area contributed by atoms with Crippen molar-refractivity contribution in [3.05, 3.63) is 77.3 Å². The molecule has 1 atom stereocenters. The topological polar surface area (TPSA) is 86.2 Å². The summed E-state index contributed by atoms with van der Waals surface area (Å²) in [5.74, 6) is -0.714. The van der Waals surface area contributed by atoms with Crippen LogP contribution in [0, 0.1) is 0 Å². The van der Waals surface area contributed by atoms with Crippen molar-refractivity contribution in [2.45, 2.75) is 19.5 Å². The lowest BCUT2D eigenvalue weighted by atomic mass is 10.1. The normalized spacial score (nSPS) is 12.2. The van der Waals surface area contributed by atoms with Crippen molar-refractivity contribution in [3.63, 3.8) is 0 Å². The Morgan fingerprint density at radius 1 is 1.18 bits per heavy atom. The molecule has 0 unspecified atom stereocenters. The average molecular weight is 377 g/mol. The monoisotopic (exact) mass is 377 g/mol. The zero-order chi connectivity index (χ0) is 19.7. The highest BCUT2D eigenvalue weighted by atomic mass is 16.4. The molecule has 0 bridgehead atoms. The lowest BCUT2D eigenvalue weighted by Gasteiger charge is -2.25. The number of carbonyl (C=O) groups is 1. The van der Waals surface area contributed by atoms with Gasteiger partial charge in [0.2, 0.25) is 5.91 Å². The number of benzene rings is 2. The second-order valence-electron chi connectivity index (χ2n) is 6.53. The van der Waals surface area contributed by atoms with Gasteiger partial charge in [0.1, 0.15) is 19.2 Å². The van der Waals surface area contributed by atoms with E-state index in [0.717, 1.165) is 11.3 Å². The van der Waals surface area contributed by atoms with Gasteiger partial charge in [0.15, 0.2) is 5.58 Å². The predicted molar refractivity (Wildman–Crippen MR) is 103 cm³/mol. The quantitative estimate of drug-likeness (QED) is 0.533. The van der Waals surface area contributed by atoms with E-state index in [1.54, 1.807) is 47.2 Å². The number of rotatable bonds is 5. The van der Waals surface area contributed by atoms with Crippen LogP contribution in [0.5, 0.6) is 0 Å². The Balaban J connectivity index is 1.51. The van der Waals surface area contributed by atoms with Gasteiger partial charge in [-0.1, -0.05) is 24.3 Å². The van der Waals surface area contributed by atoms with Crippen LogP contribution in [0.1, 0.15) is 18.5 Å². The van der Waals surface area contributed by atoms with Crippen LogP contribution < -0.4 is 5.76 Å². The van der Waals surface area contributed by atoms with Crippen LogP contribution in [0.3, 0.4) is 0 Å². The van der Waals surface area contributed by atoms with E-state index in [9.17, 15) is 9.59 Å². The molecule has 142 valence electrons. The highest BCUT2D eigenvalue weighted by Crippen LogP contribution is 2.21. The zero-order valence-electron chi connectivity index (χ0n) is 15.5. The number of hydrogen-bond acceptors (Lipinski definition) is 5. The zero-order valence-corrected chi connectivity index (χ0v) is 15.5. The van der Waals surface area contributed by atoms with Gasteiger partial charge in [0.05, 0.1) is 17.2 Å². The largest absolute Gasteiger partial charge is 0.420 e. The second-order valence-corrected chi connectivity index (χ2v) is 6.53. The van der Waals surface area contributed by atoms with Crippen LogP contribution in [0.2, 0.25) is 0 Å². The smallest absolute Gasteiger partial charge is 0.408 e. The molecule has 2 aromatic heterocycles. The SMILES string of the molecule is C[C@@H](c1ccc(-n2cncn2)cc1)N(C)C(=O)Cn1c(=O)oc2ccccc21. The number of para-hydroxylation sites is 2. The predicted octanol–water partition coefficient (Wildman–Crippen LogP) is 2.39. The first-order valence-corrected chi connectivity index (χ1v) is 8.83. The van der Waals surface area contributed by atoms with Crippen LogP contribution in [0.15, 0.2) is 70.4 Å². The van der Waals surface area contributed by atoms with Gasteiger partial charge in [-0.2, -0.15) is 5.10 Å². The third-order valence-electron chi connectivity index (χ3n) is 4.90. The number of hydrogen-bond donors (Lipinski definition) is 0. The molecule has 2 aromatic carbocycles. The minimum absolute atomic E-state index is 0.0757. The van der Waals surface area contributed by atoms with Crippen LogP contribution in [-0.4, -0.2) is 37.2 Å². The Morgan fingerprint density at radius 2 is 1.93 bits per heavy atom. The Kier molecular flexibility index (Phi) is 4.52. The summed E-state index contributed by atoms with van der Waals surface area (Å²) in [7, 11) is 1.73. The van der Waals surface area contributed by atoms with E-state index in [-0.39, 0.29) is 18.5 Å². The molecule has 4 aromatic rings. The van der Waals surface area contributed by atoms with Gasteiger partial charge in [-0.3, -0.25) is 9.36 Å². The van der Waals surface area contributed by atoms with Crippen molar-refractivity contribution in [2.24, 2.45) is 0 Å². The van der Waals surface area contributed by atoms with Crippen molar-refractivity contribution in [1.29, 1.82) is 0 Å². The maximum atomic E-state index is 12.8. The summed E-state index contributed by atoms with van der Waals surface area (Å²) < 4.78 is 8.22. The standard InChI is InChI=1S/C20H19N5O3/c1-14(15-7-9-16(10-8-15)25-13-21-12-22-25)23(2)19(26)11-24-17-5-3-4-6-18(17)28-20(24)27/h3-10,12-14H,11H2,1-2H3/t14-/m0/s1. The minimum Gasteiger partial charge on any atom is -0.408 e. The summed E-state index contributed by atoms with van der Waals surface area (Å²) in [6.45, 7) is 1.87. The highest BCUT2D eigenvalue weighted by Gasteiger charge is 2.20. The maximum Gasteiger partial charge on any atom is 0.420 e. The number of oxazole rings is 1. The minimum atomic E-state index is -0.534. The van der Waals surface area contributed by atoms with Crippen molar-refractivity contribution in [2.75, 3.05) is 7.05 Å². The van der Waals surface area contributed by atoms with Gasteiger partial charge >= 0.3 is 5.76 Å². The first kappa shape index (κ1) is 17.7. The molecule has 8 nitrogen and oxygen atoms in total. The molecule has 0 aliphatic heterocycles. The second kappa shape index (κ2) is 7.15. The van der Waals surface area contributed by atoms with Gasteiger partial charge in [-0.25, -0.2) is 14.5 Å². The van der Waals surface area contributed by atoms with E-state index in [0.29, 0.717) is 11.1 Å². The average Bonchev–Trinajstić information content (AvgIpc) is 3.36. The van der Waals surface area contributed by atoms with Crippen molar-refractivity contribution in [1.82, 2.24) is 24.2 Å². The van der Waals surface area contributed by atoms with Crippen molar-refractivity contribution >= 4 is 17.0 Å². The first-order valence-electron chi connectivity index (χ1n) is 8.83. The fourth-order valence-corrected chi connectivity index (χ4v) is 3.10. The van der Waals surface area contributed by atoms with E-state index >= 15 is 0 Å². The molecular weight excluding hydrogens is 358 g/mol. The summed E-state index contributed by atoms with van der Waals surface area (Å²) in [6, 6.07) is 14.7. The molecule has 0 radical (unpaired) electrons. The summed E-state index contributed by atoms with van der Waals surface area (Å²) in [4.78, 5) is 30.4. The molecule has 1 amide bonds. The van der Waals surface area contributed by atoms with Crippen LogP contribution in [0.4, 0.5) is 0 Å². The fraction of sp³-hybridized carbons (Fsp3) is 0.200. The highest BCUT2D eigenvalue weighted by molar-refractivity contribution is 5.79. The lowest BCUT2D eigenvalue weighted by Crippen LogP contribution is -2.34. The van der Waals surface area contributed by atoms with Crippen molar-refractivity contribution in [3.8, 4) is 5.69 Å². The molecule has 0 spiro atoms. The molecule has 0 fully saturated rings. The van der Waals surface area contributed by atoms with Crippen LogP contribution in [-0.2, 0) is 11.3 Å². The van der Waals surface area contributed by atoms with E-state index in [1.807, 2.05) is 31.2 Å². The van der Waals surface area contributed by atoms with Crippen LogP contribution in [0.25, 0.3) is 16.8 Å². The number of aromatic nitrogens is 4. The van der Waals surface area contributed by atoms with E-state index in [4.69, 9.17) is 4.42 Å². The molecule has 0 saturated carbocycles. The molecule has 0 N–H and O–H groups in total. The Hall–Kier alpha value is -3.68. The van der Waals surface area contributed by atoms with Gasteiger partial charge < -0.3 is 9.32 Å². The van der Waals surface area contributed by atoms with Crippen LogP contribution >= 0.6 is 0 Å². The number of amides is 1. The Bertz CT molecular complexity index is 1160. The Morgan fingerprint density at radius 3 is 2.64 bits per heavy atom. The number of fused-ring (bicyclic) bond motifs is 1. The van der Waals surface area contributed by atoms with E-state index in [1.165, 1.54) is 10.9 Å². The third kappa shape index (κ3) is 3.20. The molecule has 0 aliphatic rings. The molecular formula is C20H19N5O3. The lowest BCUT2D eigenvalue weighted by molar-refractivity contribution is -0.132. The van der Waals surface area contributed by atoms with Gasteiger partial charge in [0, 0.05) is 7.05 Å². The summed E-state index contributed by atoms with van der Waals surface area (Å²) in [6.07, 6.45) is 3.10. The van der Waals surface area contributed by atoms with E-state index in [2.05, 4.69) is 10.1 Å². The molecule has 28 heavy (non-hydrogen) atoms. The molecule has 2 heterocycles. The number of carbonyl (C=O) groups excluding carboxylic acids is 1.